The number of likely N-dealkylation sites (tertiary alicyclic amines) is 1. The lowest BCUT2D eigenvalue weighted by Crippen LogP contribution is -2.28. The number of nitrogens with one attached hydrogen (secondary N) is 1. The van der Waals surface area contributed by atoms with Crippen molar-refractivity contribution in [3.05, 3.63) is 41.6 Å². The lowest BCUT2D eigenvalue weighted by Gasteiger charge is -2.23. The molecule has 2 saturated heterocycles. The number of H-pyrrole nitrogens is 1. The van der Waals surface area contributed by atoms with Crippen molar-refractivity contribution >= 4 is 5.82 Å². The van der Waals surface area contributed by atoms with E-state index in [1.54, 1.807) is 12.3 Å². The van der Waals surface area contributed by atoms with Crippen LogP contribution >= 0.6 is 0 Å². The molecule has 0 aliphatic carbocycles. The molecule has 5 nitrogen and oxygen atoms in total. The van der Waals surface area contributed by atoms with Crippen molar-refractivity contribution in [3.8, 4) is 0 Å². The van der Waals surface area contributed by atoms with E-state index < -0.39 is 0 Å². The minimum atomic E-state index is -0.208. The highest BCUT2D eigenvalue weighted by atomic mass is 19.1. The Morgan fingerprint density at radius 2 is 2.00 bits per heavy atom. The number of aromatic amines is 1. The second-order valence-corrected chi connectivity index (χ2v) is 7.13. The van der Waals surface area contributed by atoms with Crippen molar-refractivity contribution < 1.29 is 4.39 Å². The first-order chi connectivity index (χ1) is 11.7. The van der Waals surface area contributed by atoms with Crippen LogP contribution in [0.3, 0.4) is 0 Å². The molecule has 2 aromatic rings. The molecule has 0 aromatic carbocycles. The van der Waals surface area contributed by atoms with E-state index in [1.165, 1.54) is 6.07 Å². The molecule has 0 spiro atoms. The molecule has 0 saturated carbocycles. The summed E-state index contributed by atoms with van der Waals surface area (Å²) in [7, 11) is 0. The van der Waals surface area contributed by atoms with Crippen LogP contribution in [-0.2, 0) is 6.54 Å². The van der Waals surface area contributed by atoms with Crippen molar-refractivity contribution in [1.82, 2.24) is 20.1 Å². The number of nitrogens with zero attached hydrogens (tertiary/aromatic N) is 4. The minimum Gasteiger partial charge on any atom is -0.354 e. The lowest BCUT2D eigenvalue weighted by atomic mass is 9.92. The molecule has 0 bridgehead atoms. The molecule has 1 N–H and O–H groups in total. The molecular weight excluding hydrogens is 305 g/mol. The number of hydrogen-bond acceptors (Lipinski definition) is 4. The summed E-state index contributed by atoms with van der Waals surface area (Å²) in [5, 5.41) is 7.37. The first-order valence-electron chi connectivity index (χ1n) is 8.78. The van der Waals surface area contributed by atoms with E-state index in [1.807, 2.05) is 6.92 Å². The highest BCUT2D eigenvalue weighted by Gasteiger charge is 2.35. The van der Waals surface area contributed by atoms with Gasteiger partial charge in [0.05, 0.1) is 5.69 Å². The molecule has 2 aromatic heterocycles. The number of aromatic nitrogens is 3. The number of anilines is 1. The van der Waals surface area contributed by atoms with Gasteiger partial charge >= 0.3 is 0 Å². The van der Waals surface area contributed by atoms with Crippen molar-refractivity contribution in [2.45, 2.75) is 26.3 Å². The molecule has 2 fully saturated rings. The third kappa shape index (κ3) is 3.15. The number of aryl methyl sites for hydroxylation is 1. The van der Waals surface area contributed by atoms with Crippen molar-refractivity contribution in [2.75, 3.05) is 31.1 Å². The van der Waals surface area contributed by atoms with Crippen LogP contribution in [0.2, 0.25) is 0 Å². The highest BCUT2D eigenvalue weighted by molar-refractivity contribution is 5.39. The maximum Gasteiger partial charge on any atom is 0.165 e. The number of hydrogen-bond donors (Lipinski definition) is 1. The third-order valence-corrected chi connectivity index (χ3v) is 5.37. The molecular formula is C18H24FN5. The Kier molecular flexibility index (Phi) is 4.22. The fraction of sp³-hybridized carbons (Fsp3) is 0.556. The summed E-state index contributed by atoms with van der Waals surface area (Å²) in [5.74, 6) is 1.70. The Morgan fingerprint density at radius 3 is 2.62 bits per heavy atom. The standard InChI is InChI=1S/C18H24FN5/c1-13-9-16(22-21-13)12-23-10-14-4-7-24(8-5-15(14)11-23)18-17(19)3-2-6-20-18/h2-3,6,9,14-15H,4-5,7-8,10-12H2,1H3,(H,21,22)/t14-,15+. The van der Waals surface area contributed by atoms with Crippen LogP contribution in [0.5, 0.6) is 0 Å². The van der Waals surface area contributed by atoms with Gasteiger partial charge in [0.2, 0.25) is 0 Å². The Labute approximate surface area is 141 Å². The SMILES string of the molecule is Cc1cc(CN2C[C@H]3CCN(c4ncccc4F)CC[C@H]3C2)n[nH]1. The van der Waals surface area contributed by atoms with Crippen LogP contribution in [0.4, 0.5) is 10.2 Å². The molecule has 24 heavy (non-hydrogen) atoms. The lowest BCUT2D eigenvalue weighted by molar-refractivity contribution is 0.305. The van der Waals surface area contributed by atoms with Gasteiger partial charge in [0.15, 0.2) is 11.6 Å². The zero-order valence-electron chi connectivity index (χ0n) is 14.1. The Morgan fingerprint density at radius 1 is 1.25 bits per heavy atom. The topological polar surface area (TPSA) is 48.1 Å². The first-order valence-corrected chi connectivity index (χ1v) is 8.78. The molecule has 128 valence electrons. The predicted octanol–water partition coefficient (Wildman–Crippen LogP) is 2.60. The molecule has 0 unspecified atom stereocenters. The van der Waals surface area contributed by atoms with E-state index in [4.69, 9.17) is 0 Å². The van der Waals surface area contributed by atoms with Gasteiger partial charge in [0.1, 0.15) is 0 Å². The van der Waals surface area contributed by atoms with Gasteiger partial charge in [0, 0.05) is 44.6 Å². The maximum absolute atomic E-state index is 14.0. The molecule has 2 aliphatic heterocycles. The molecule has 0 radical (unpaired) electrons. The quantitative estimate of drug-likeness (QED) is 0.940. The number of fused-ring (bicyclic) bond motifs is 1. The first kappa shape index (κ1) is 15.6. The summed E-state index contributed by atoms with van der Waals surface area (Å²) in [6, 6.07) is 5.28. The predicted molar refractivity (Wildman–Crippen MR) is 91.2 cm³/mol. The molecule has 4 rings (SSSR count). The normalized spacial score (nSPS) is 24.8. The van der Waals surface area contributed by atoms with Crippen molar-refractivity contribution in [3.63, 3.8) is 0 Å². The second kappa shape index (κ2) is 6.51. The van der Waals surface area contributed by atoms with E-state index in [9.17, 15) is 4.39 Å². The average Bonchev–Trinajstić information content (AvgIpc) is 3.09. The summed E-state index contributed by atoms with van der Waals surface area (Å²) in [5.41, 5.74) is 2.24. The molecule has 2 aliphatic rings. The van der Waals surface area contributed by atoms with Gasteiger partial charge < -0.3 is 4.90 Å². The van der Waals surface area contributed by atoms with Crippen LogP contribution < -0.4 is 4.90 Å². The maximum atomic E-state index is 14.0. The Bertz CT molecular complexity index is 684. The van der Waals surface area contributed by atoms with Gasteiger partial charge in [-0.05, 0) is 49.8 Å². The monoisotopic (exact) mass is 329 g/mol. The zero-order chi connectivity index (χ0) is 16.5. The van der Waals surface area contributed by atoms with E-state index in [2.05, 4.69) is 31.0 Å². The highest BCUT2D eigenvalue weighted by Crippen LogP contribution is 2.33. The summed E-state index contributed by atoms with van der Waals surface area (Å²) < 4.78 is 14.0. The van der Waals surface area contributed by atoms with Crippen LogP contribution in [0.15, 0.2) is 24.4 Å². The Balaban J connectivity index is 1.38. The van der Waals surface area contributed by atoms with E-state index in [0.29, 0.717) is 17.7 Å². The van der Waals surface area contributed by atoms with Gasteiger partial charge in [0.25, 0.3) is 0 Å². The fourth-order valence-electron chi connectivity index (χ4n) is 4.18. The largest absolute Gasteiger partial charge is 0.354 e. The molecule has 2 atom stereocenters. The number of rotatable bonds is 3. The van der Waals surface area contributed by atoms with Crippen LogP contribution in [0.25, 0.3) is 0 Å². The van der Waals surface area contributed by atoms with Crippen LogP contribution in [0.1, 0.15) is 24.2 Å². The fourth-order valence-corrected chi connectivity index (χ4v) is 4.18. The average molecular weight is 329 g/mol. The second-order valence-electron chi connectivity index (χ2n) is 7.13. The van der Waals surface area contributed by atoms with E-state index in [0.717, 1.165) is 57.0 Å². The molecule has 4 heterocycles. The smallest absolute Gasteiger partial charge is 0.165 e. The summed E-state index contributed by atoms with van der Waals surface area (Å²) in [6.07, 6.45) is 3.89. The zero-order valence-corrected chi connectivity index (χ0v) is 14.1. The molecule has 0 amide bonds. The van der Waals surface area contributed by atoms with Crippen molar-refractivity contribution in [1.29, 1.82) is 0 Å². The minimum absolute atomic E-state index is 0.208. The van der Waals surface area contributed by atoms with Gasteiger partial charge in [-0.3, -0.25) is 10.00 Å². The summed E-state index contributed by atoms with van der Waals surface area (Å²) in [4.78, 5) is 8.88. The third-order valence-electron chi connectivity index (χ3n) is 5.37. The van der Waals surface area contributed by atoms with Gasteiger partial charge in [-0.25, -0.2) is 9.37 Å². The summed E-state index contributed by atoms with van der Waals surface area (Å²) >= 11 is 0. The van der Waals surface area contributed by atoms with Crippen LogP contribution in [0, 0.1) is 24.6 Å². The van der Waals surface area contributed by atoms with Gasteiger partial charge in [-0.15, -0.1) is 0 Å². The van der Waals surface area contributed by atoms with Crippen LogP contribution in [-0.4, -0.2) is 46.3 Å². The van der Waals surface area contributed by atoms with Crippen molar-refractivity contribution in [2.24, 2.45) is 11.8 Å². The number of pyridine rings is 1. The summed E-state index contributed by atoms with van der Waals surface area (Å²) in [6.45, 7) is 6.99. The van der Waals surface area contributed by atoms with E-state index in [-0.39, 0.29) is 5.82 Å². The number of halogens is 1. The van der Waals surface area contributed by atoms with Gasteiger partial charge in [-0.2, -0.15) is 5.10 Å². The molecule has 6 heteroatoms. The van der Waals surface area contributed by atoms with E-state index >= 15 is 0 Å². The van der Waals surface area contributed by atoms with Gasteiger partial charge in [-0.1, -0.05) is 0 Å². The Hall–Kier alpha value is -1.95.